The Labute approximate surface area is 211 Å². The second-order valence-corrected chi connectivity index (χ2v) is 11.7. The van der Waals surface area contributed by atoms with Gasteiger partial charge in [-0.1, -0.05) is 42.8 Å². The van der Waals surface area contributed by atoms with Gasteiger partial charge in [-0.3, -0.25) is 4.79 Å². The smallest absolute Gasteiger partial charge is 0.251 e. The van der Waals surface area contributed by atoms with Crippen LogP contribution in [0.25, 0.3) is 10.9 Å². The molecule has 1 N–H and O–H groups in total. The maximum atomic E-state index is 14.5. The zero-order chi connectivity index (χ0) is 26.0. The number of benzene rings is 3. The van der Waals surface area contributed by atoms with E-state index in [1.807, 2.05) is 12.1 Å². The van der Waals surface area contributed by atoms with Crippen LogP contribution in [0.1, 0.15) is 59.6 Å². The largest absolute Gasteiger partial charge is 0.348 e. The molecule has 0 unspecified atom stereocenters. The lowest BCUT2D eigenvalue weighted by Gasteiger charge is -2.15. The summed E-state index contributed by atoms with van der Waals surface area (Å²) in [5, 5.41) is 3.72. The number of nitrogens with one attached hydrogen (secondary N) is 1. The summed E-state index contributed by atoms with van der Waals surface area (Å²) in [6.45, 7) is 7.83. The van der Waals surface area contributed by atoms with Crippen LogP contribution < -0.4 is 5.32 Å². The number of aromatic nitrogens is 1. The molecule has 188 valence electrons. The van der Waals surface area contributed by atoms with Crippen molar-refractivity contribution in [3.05, 3.63) is 100 Å². The van der Waals surface area contributed by atoms with Gasteiger partial charge in [0.1, 0.15) is 5.82 Å². The molecule has 0 fully saturated rings. The molecule has 1 aromatic heterocycles. The van der Waals surface area contributed by atoms with E-state index in [0.29, 0.717) is 5.56 Å². The molecule has 7 heteroatoms. The molecule has 0 aliphatic rings. The molecule has 36 heavy (non-hydrogen) atoms. The van der Waals surface area contributed by atoms with Crippen molar-refractivity contribution in [2.45, 2.75) is 51.6 Å². The molecule has 4 aromatic rings. The molecule has 3 aromatic carbocycles. The summed E-state index contributed by atoms with van der Waals surface area (Å²) in [6, 6.07) is 20.3. The van der Waals surface area contributed by atoms with Crippen LogP contribution in [0.4, 0.5) is 4.39 Å². The van der Waals surface area contributed by atoms with Crippen molar-refractivity contribution in [3.63, 3.8) is 0 Å². The standard InChI is InChI=1S/C29H31FN2O3S/c1-5-36(34,35)26-12-10-23(27(30)17-26)18-31-29(33)22-11-13-28-24(15-22)16-25(32(28)19(2)3)14-21-8-6-20(4)7-9-21/h6-13,15-17,19H,5,14,18H2,1-4H3,(H,31,33). The Hall–Kier alpha value is -3.45. The summed E-state index contributed by atoms with van der Waals surface area (Å²) in [7, 11) is -3.49. The zero-order valence-electron chi connectivity index (χ0n) is 21.0. The highest BCUT2D eigenvalue weighted by Gasteiger charge is 2.17. The maximum Gasteiger partial charge on any atom is 0.251 e. The molecule has 0 bridgehead atoms. The van der Waals surface area contributed by atoms with Crippen LogP contribution in [0.2, 0.25) is 0 Å². The number of aryl methyl sites for hydroxylation is 1. The summed E-state index contributed by atoms with van der Waals surface area (Å²) >= 11 is 0. The molecule has 0 radical (unpaired) electrons. The number of hydrogen-bond donors (Lipinski definition) is 1. The van der Waals surface area contributed by atoms with Crippen LogP contribution in [-0.4, -0.2) is 24.6 Å². The molecular formula is C29H31FN2O3S. The number of fused-ring (bicyclic) bond motifs is 1. The Morgan fingerprint density at radius 3 is 2.36 bits per heavy atom. The van der Waals surface area contributed by atoms with Gasteiger partial charge in [-0.05, 0) is 62.7 Å². The van der Waals surface area contributed by atoms with Crippen LogP contribution in [-0.2, 0) is 22.8 Å². The quantitative estimate of drug-likeness (QED) is 0.319. The van der Waals surface area contributed by atoms with Crippen LogP contribution in [0, 0.1) is 12.7 Å². The van der Waals surface area contributed by atoms with Crippen LogP contribution >= 0.6 is 0 Å². The van der Waals surface area contributed by atoms with Gasteiger partial charge in [0.15, 0.2) is 9.84 Å². The molecule has 0 saturated heterocycles. The van der Waals surface area contributed by atoms with E-state index >= 15 is 0 Å². The Bertz CT molecular complexity index is 1520. The van der Waals surface area contributed by atoms with Crippen molar-refractivity contribution in [2.24, 2.45) is 0 Å². The Kier molecular flexibility index (Phi) is 7.31. The van der Waals surface area contributed by atoms with E-state index in [1.165, 1.54) is 35.9 Å². The Morgan fingerprint density at radius 2 is 1.72 bits per heavy atom. The minimum Gasteiger partial charge on any atom is -0.348 e. The van der Waals surface area contributed by atoms with Crippen molar-refractivity contribution < 1.29 is 17.6 Å². The number of carbonyl (C=O) groups excluding carboxylic acids is 1. The van der Waals surface area contributed by atoms with E-state index in [0.717, 1.165) is 23.4 Å². The van der Waals surface area contributed by atoms with Gasteiger partial charge in [-0.2, -0.15) is 0 Å². The molecule has 0 aliphatic heterocycles. The molecule has 0 atom stereocenters. The van der Waals surface area contributed by atoms with E-state index in [2.05, 4.69) is 61.0 Å². The number of sulfone groups is 1. The first-order valence-electron chi connectivity index (χ1n) is 12.1. The second-order valence-electron chi connectivity index (χ2n) is 9.37. The van der Waals surface area contributed by atoms with Gasteiger partial charge >= 0.3 is 0 Å². The predicted octanol–water partition coefficient (Wildman–Crippen LogP) is 5.98. The predicted molar refractivity (Wildman–Crippen MR) is 142 cm³/mol. The van der Waals surface area contributed by atoms with Gasteiger partial charge in [0, 0.05) is 46.7 Å². The van der Waals surface area contributed by atoms with Crippen molar-refractivity contribution in [1.82, 2.24) is 9.88 Å². The SMILES string of the molecule is CCS(=O)(=O)c1ccc(CNC(=O)c2ccc3c(c2)cc(Cc2ccc(C)cc2)n3C(C)C)c(F)c1. The molecule has 1 amide bonds. The molecule has 1 heterocycles. The van der Waals surface area contributed by atoms with Crippen molar-refractivity contribution in [3.8, 4) is 0 Å². The molecule has 0 aliphatic carbocycles. The third kappa shape index (κ3) is 5.36. The van der Waals surface area contributed by atoms with Gasteiger partial charge in [-0.25, -0.2) is 12.8 Å². The average Bonchev–Trinajstić information content (AvgIpc) is 3.21. The third-order valence-electron chi connectivity index (χ3n) is 6.41. The van der Waals surface area contributed by atoms with E-state index in [1.54, 1.807) is 6.07 Å². The number of nitrogens with zero attached hydrogens (tertiary/aromatic N) is 1. The van der Waals surface area contributed by atoms with E-state index in [9.17, 15) is 17.6 Å². The second kappa shape index (κ2) is 10.3. The van der Waals surface area contributed by atoms with Crippen molar-refractivity contribution in [2.75, 3.05) is 5.75 Å². The van der Waals surface area contributed by atoms with Crippen molar-refractivity contribution >= 4 is 26.6 Å². The van der Waals surface area contributed by atoms with Crippen molar-refractivity contribution in [1.29, 1.82) is 0 Å². The van der Waals surface area contributed by atoms with E-state index in [4.69, 9.17) is 0 Å². The van der Waals surface area contributed by atoms with Gasteiger partial charge in [0.05, 0.1) is 10.6 Å². The molecular weight excluding hydrogens is 475 g/mol. The lowest BCUT2D eigenvalue weighted by atomic mass is 10.1. The minimum absolute atomic E-state index is 0.0408. The first kappa shape index (κ1) is 25.6. The number of hydrogen-bond acceptors (Lipinski definition) is 3. The molecule has 0 spiro atoms. The van der Waals surface area contributed by atoms with E-state index in [-0.39, 0.29) is 34.7 Å². The molecule has 0 saturated carbocycles. The number of carbonyl (C=O) groups is 1. The topological polar surface area (TPSA) is 68.2 Å². The zero-order valence-corrected chi connectivity index (χ0v) is 21.8. The average molecular weight is 507 g/mol. The van der Waals surface area contributed by atoms with Gasteiger partial charge in [0.25, 0.3) is 5.91 Å². The lowest BCUT2D eigenvalue weighted by molar-refractivity contribution is 0.0950. The summed E-state index contributed by atoms with van der Waals surface area (Å²) in [4.78, 5) is 12.8. The fourth-order valence-electron chi connectivity index (χ4n) is 4.40. The summed E-state index contributed by atoms with van der Waals surface area (Å²) in [6.07, 6.45) is 0.789. The molecule has 4 rings (SSSR count). The summed E-state index contributed by atoms with van der Waals surface area (Å²) in [5.41, 5.74) is 5.39. The van der Waals surface area contributed by atoms with Crippen LogP contribution in [0.15, 0.2) is 71.6 Å². The first-order valence-corrected chi connectivity index (χ1v) is 13.7. The van der Waals surface area contributed by atoms with Crippen LogP contribution in [0.5, 0.6) is 0 Å². The monoisotopic (exact) mass is 506 g/mol. The summed E-state index contributed by atoms with van der Waals surface area (Å²) < 4.78 is 40.7. The Balaban J connectivity index is 1.55. The highest BCUT2D eigenvalue weighted by Crippen LogP contribution is 2.27. The lowest BCUT2D eigenvalue weighted by Crippen LogP contribution is -2.23. The minimum atomic E-state index is -3.49. The highest BCUT2D eigenvalue weighted by molar-refractivity contribution is 7.91. The highest BCUT2D eigenvalue weighted by atomic mass is 32.2. The van der Waals surface area contributed by atoms with E-state index < -0.39 is 15.7 Å². The summed E-state index contributed by atoms with van der Waals surface area (Å²) in [5.74, 6) is -1.08. The van der Waals surface area contributed by atoms with Gasteiger partial charge < -0.3 is 9.88 Å². The molecule has 5 nitrogen and oxygen atoms in total. The van der Waals surface area contributed by atoms with Crippen LogP contribution in [0.3, 0.4) is 0 Å². The normalized spacial score (nSPS) is 11.8. The first-order chi connectivity index (χ1) is 17.1. The number of amides is 1. The third-order valence-corrected chi connectivity index (χ3v) is 8.14. The maximum absolute atomic E-state index is 14.5. The fraction of sp³-hybridized carbons (Fsp3) is 0.276. The Morgan fingerprint density at radius 1 is 1.00 bits per heavy atom. The van der Waals surface area contributed by atoms with Gasteiger partial charge in [0.2, 0.25) is 0 Å². The fourth-order valence-corrected chi connectivity index (χ4v) is 5.30. The number of halogens is 1. The number of rotatable bonds is 8. The van der Waals surface area contributed by atoms with Gasteiger partial charge in [-0.15, -0.1) is 0 Å².